The molecule has 3 nitrogen and oxygen atoms in total. The molecule has 1 N–H and O–H groups in total. The lowest BCUT2D eigenvalue weighted by Gasteiger charge is -2.14. The molecule has 1 unspecified atom stereocenters. The van der Waals surface area contributed by atoms with Crippen molar-refractivity contribution in [3.05, 3.63) is 28.8 Å². The Morgan fingerprint density at radius 1 is 1.44 bits per heavy atom. The SMILES string of the molecule is COc1ccc(C(O)C(=O)C(C)C)c(Cl)c1. The van der Waals surface area contributed by atoms with Gasteiger partial charge in [0.25, 0.3) is 0 Å². The summed E-state index contributed by atoms with van der Waals surface area (Å²) in [6, 6.07) is 4.85. The van der Waals surface area contributed by atoms with Crippen molar-refractivity contribution in [1.82, 2.24) is 0 Å². The predicted octanol–water partition coefficient (Wildman–Crippen LogP) is 2.61. The van der Waals surface area contributed by atoms with E-state index in [9.17, 15) is 9.90 Å². The largest absolute Gasteiger partial charge is 0.497 e. The van der Waals surface area contributed by atoms with Crippen molar-refractivity contribution in [3.8, 4) is 5.75 Å². The Balaban J connectivity index is 3.00. The molecule has 4 heteroatoms. The van der Waals surface area contributed by atoms with Crippen LogP contribution in [0.2, 0.25) is 5.02 Å². The van der Waals surface area contributed by atoms with Gasteiger partial charge >= 0.3 is 0 Å². The summed E-state index contributed by atoms with van der Waals surface area (Å²) in [5.74, 6) is 0.123. The molecule has 0 aromatic heterocycles. The van der Waals surface area contributed by atoms with Crippen LogP contribution >= 0.6 is 11.6 Å². The first-order valence-corrected chi connectivity index (χ1v) is 5.40. The first-order valence-electron chi connectivity index (χ1n) is 5.02. The van der Waals surface area contributed by atoms with Crippen molar-refractivity contribution in [2.75, 3.05) is 7.11 Å². The minimum absolute atomic E-state index is 0.229. The average molecular weight is 243 g/mol. The van der Waals surface area contributed by atoms with Gasteiger partial charge in [0.05, 0.1) is 12.1 Å². The molecule has 0 amide bonds. The highest BCUT2D eigenvalue weighted by molar-refractivity contribution is 6.31. The van der Waals surface area contributed by atoms with E-state index in [1.54, 1.807) is 32.0 Å². The molecule has 0 heterocycles. The number of hydrogen-bond donors (Lipinski definition) is 1. The number of carbonyl (C=O) groups excluding carboxylic acids is 1. The van der Waals surface area contributed by atoms with E-state index in [-0.39, 0.29) is 11.7 Å². The van der Waals surface area contributed by atoms with Crippen molar-refractivity contribution in [3.63, 3.8) is 0 Å². The van der Waals surface area contributed by atoms with E-state index >= 15 is 0 Å². The number of ketones is 1. The van der Waals surface area contributed by atoms with Crippen molar-refractivity contribution in [2.24, 2.45) is 5.92 Å². The number of aliphatic hydroxyl groups excluding tert-OH is 1. The molecule has 1 aromatic carbocycles. The second-order valence-electron chi connectivity index (χ2n) is 3.85. The maximum Gasteiger partial charge on any atom is 0.168 e. The van der Waals surface area contributed by atoms with E-state index in [0.717, 1.165) is 0 Å². The summed E-state index contributed by atoms with van der Waals surface area (Å²) in [5.41, 5.74) is 0.418. The normalized spacial score (nSPS) is 12.6. The zero-order valence-corrected chi connectivity index (χ0v) is 10.3. The maximum absolute atomic E-state index is 11.6. The molecule has 0 saturated heterocycles. The number of methoxy groups -OCH3 is 1. The van der Waals surface area contributed by atoms with Crippen LogP contribution in [0.15, 0.2) is 18.2 Å². The summed E-state index contributed by atoms with van der Waals surface area (Å²) in [6.45, 7) is 3.48. The molecule has 0 bridgehead atoms. The monoisotopic (exact) mass is 242 g/mol. The molecule has 88 valence electrons. The van der Waals surface area contributed by atoms with Gasteiger partial charge in [0.1, 0.15) is 11.9 Å². The Hall–Kier alpha value is -1.06. The lowest BCUT2D eigenvalue weighted by molar-refractivity contribution is -0.130. The molecular formula is C12H15ClO3. The number of rotatable bonds is 4. The number of halogens is 1. The third kappa shape index (κ3) is 2.74. The van der Waals surface area contributed by atoms with Gasteiger partial charge in [-0.3, -0.25) is 4.79 Å². The van der Waals surface area contributed by atoms with Crippen LogP contribution in [0.3, 0.4) is 0 Å². The third-order valence-corrected chi connectivity index (χ3v) is 2.67. The van der Waals surface area contributed by atoms with Crippen LogP contribution in [0.4, 0.5) is 0 Å². The summed E-state index contributed by atoms with van der Waals surface area (Å²) < 4.78 is 4.99. The van der Waals surface area contributed by atoms with Crippen molar-refractivity contribution in [1.29, 1.82) is 0 Å². The van der Waals surface area contributed by atoms with E-state index in [1.807, 2.05) is 0 Å². The van der Waals surface area contributed by atoms with E-state index in [0.29, 0.717) is 16.3 Å². The Bertz CT molecular complexity index is 388. The zero-order valence-electron chi connectivity index (χ0n) is 9.53. The number of hydrogen-bond acceptors (Lipinski definition) is 3. The van der Waals surface area contributed by atoms with Gasteiger partial charge in [0.15, 0.2) is 5.78 Å². The number of benzene rings is 1. The van der Waals surface area contributed by atoms with Crippen LogP contribution in [0.1, 0.15) is 25.5 Å². The van der Waals surface area contributed by atoms with Gasteiger partial charge < -0.3 is 9.84 Å². The van der Waals surface area contributed by atoms with Crippen LogP contribution in [0.25, 0.3) is 0 Å². The maximum atomic E-state index is 11.6. The fourth-order valence-electron chi connectivity index (χ4n) is 1.33. The van der Waals surface area contributed by atoms with Gasteiger partial charge in [-0.1, -0.05) is 31.5 Å². The van der Waals surface area contributed by atoms with E-state index in [4.69, 9.17) is 16.3 Å². The third-order valence-electron chi connectivity index (χ3n) is 2.34. The highest BCUT2D eigenvalue weighted by Crippen LogP contribution is 2.28. The Labute approximate surface area is 100.0 Å². The molecule has 0 saturated carbocycles. The average Bonchev–Trinajstić information content (AvgIpc) is 2.26. The minimum Gasteiger partial charge on any atom is -0.497 e. The molecule has 0 spiro atoms. The van der Waals surface area contributed by atoms with Crippen LogP contribution < -0.4 is 4.74 Å². The summed E-state index contributed by atoms with van der Waals surface area (Å²) in [6.07, 6.45) is -1.17. The smallest absolute Gasteiger partial charge is 0.168 e. The van der Waals surface area contributed by atoms with Crippen LogP contribution in [0.5, 0.6) is 5.75 Å². The summed E-state index contributed by atoms with van der Waals surface area (Å²) in [4.78, 5) is 11.6. The van der Waals surface area contributed by atoms with E-state index < -0.39 is 6.10 Å². The van der Waals surface area contributed by atoms with Gasteiger partial charge in [-0.05, 0) is 12.1 Å². The van der Waals surface area contributed by atoms with Crippen LogP contribution in [-0.4, -0.2) is 18.0 Å². The van der Waals surface area contributed by atoms with Gasteiger partial charge in [0.2, 0.25) is 0 Å². The molecule has 0 radical (unpaired) electrons. The molecule has 1 rings (SSSR count). The number of carbonyl (C=O) groups is 1. The molecule has 1 aromatic rings. The Morgan fingerprint density at radius 2 is 2.06 bits per heavy atom. The van der Waals surface area contributed by atoms with Gasteiger partial charge in [0, 0.05) is 11.5 Å². The fourth-order valence-corrected chi connectivity index (χ4v) is 1.60. The second kappa shape index (κ2) is 5.32. The van der Waals surface area contributed by atoms with Crippen molar-refractivity contribution < 1.29 is 14.6 Å². The lowest BCUT2D eigenvalue weighted by atomic mass is 9.98. The fraction of sp³-hybridized carbons (Fsp3) is 0.417. The second-order valence-corrected chi connectivity index (χ2v) is 4.25. The standard InChI is InChI=1S/C12H15ClO3/c1-7(2)11(14)12(15)9-5-4-8(16-3)6-10(9)13/h4-7,12,15H,1-3H3. The zero-order chi connectivity index (χ0) is 12.3. The highest BCUT2D eigenvalue weighted by Gasteiger charge is 2.22. The molecule has 16 heavy (non-hydrogen) atoms. The first kappa shape index (κ1) is 13.0. The number of Topliss-reactive ketones (excluding diaryl/α,β-unsaturated/α-hetero) is 1. The van der Waals surface area contributed by atoms with Gasteiger partial charge in [-0.15, -0.1) is 0 Å². The lowest BCUT2D eigenvalue weighted by Crippen LogP contribution is -2.17. The number of aliphatic hydroxyl groups is 1. The number of ether oxygens (including phenoxy) is 1. The van der Waals surface area contributed by atoms with Crippen molar-refractivity contribution >= 4 is 17.4 Å². The Morgan fingerprint density at radius 3 is 2.50 bits per heavy atom. The highest BCUT2D eigenvalue weighted by atomic mass is 35.5. The minimum atomic E-state index is -1.17. The molecular weight excluding hydrogens is 228 g/mol. The van der Waals surface area contributed by atoms with E-state index in [2.05, 4.69) is 0 Å². The molecule has 0 aliphatic rings. The van der Waals surface area contributed by atoms with Crippen LogP contribution in [-0.2, 0) is 4.79 Å². The quantitative estimate of drug-likeness (QED) is 0.883. The van der Waals surface area contributed by atoms with Crippen molar-refractivity contribution in [2.45, 2.75) is 20.0 Å². The van der Waals surface area contributed by atoms with Gasteiger partial charge in [-0.2, -0.15) is 0 Å². The summed E-state index contributed by atoms with van der Waals surface area (Å²) >= 11 is 5.96. The van der Waals surface area contributed by atoms with Gasteiger partial charge in [-0.25, -0.2) is 0 Å². The van der Waals surface area contributed by atoms with E-state index in [1.165, 1.54) is 7.11 Å². The summed E-state index contributed by atoms with van der Waals surface area (Å²) in [5, 5.41) is 10.2. The molecule has 1 atom stereocenters. The molecule has 0 aliphatic heterocycles. The molecule has 0 aliphatic carbocycles. The predicted molar refractivity (Wildman–Crippen MR) is 62.8 cm³/mol. The molecule has 0 fully saturated rings. The topological polar surface area (TPSA) is 46.5 Å². The first-order chi connectivity index (χ1) is 7.47. The van der Waals surface area contributed by atoms with Crippen LogP contribution in [0, 0.1) is 5.92 Å². The Kier molecular flexibility index (Phi) is 4.33. The summed E-state index contributed by atoms with van der Waals surface area (Å²) in [7, 11) is 1.53.